The maximum Gasteiger partial charge on any atom is 0.323 e. The predicted molar refractivity (Wildman–Crippen MR) is 130 cm³/mol. The number of carbonyl (C=O) groups is 1. The number of benzene rings is 2. The molecule has 4 aromatic rings. The summed E-state index contributed by atoms with van der Waals surface area (Å²) in [5.74, 6) is 1.44. The van der Waals surface area contributed by atoms with E-state index in [4.69, 9.17) is 27.9 Å². The van der Waals surface area contributed by atoms with Crippen LogP contribution in [-0.4, -0.2) is 28.0 Å². The first-order valence-corrected chi connectivity index (χ1v) is 10.5. The highest BCUT2D eigenvalue weighted by Crippen LogP contribution is 2.31. The highest BCUT2D eigenvalue weighted by Gasteiger charge is 2.11. The molecule has 0 saturated heterocycles. The van der Waals surface area contributed by atoms with Gasteiger partial charge < -0.3 is 20.7 Å². The molecule has 0 fully saturated rings. The first-order valence-electron chi connectivity index (χ1n) is 9.78. The van der Waals surface area contributed by atoms with Crippen LogP contribution in [0.2, 0.25) is 10.0 Å². The van der Waals surface area contributed by atoms with Crippen molar-refractivity contribution in [3.05, 3.63) is 83.1 Å². The van der Waals surface area contributed by atoms with Gasteiger partial charge in [-0.05, 0) is 60.7 Å². The second-order valence-electron chi connectivity index (χ2n) is 6.74. The summed E-state index contributed by atoms with van der Waals surface area (Å²) in [4.78, 5) is 25.2. The van der Waals surface area contributed by atoms with Crippen LogP contribution in [0.15, 0.2) is 73.1 Å². The second kappa shape index (κ2) is 10.2. The topological polar surface area (TPSA) is 101 Å². The maximum absolute atomic E-state index is 12.3. The van der Waals surface area contributed by atoms with Gasteiger partial charge in [-0.15, -0.1) is 0 Å². The fourth-order valence-electron chi connectivity index (χ4n) is 2.93. The fourth-order valence-corrected chi connectivity index (χ4v) is 3.46. The number of ether oxygens (including phenoxy) is 1. The lowest BCUT2D eigenvalue weighted by atomic mass is 10.2. The van der Waals surface area contributed by atoms with Crippen molar-refractivity contribution in [3.63, 3.8) is 0 Å². The van der Waals surface area contributed by atoms with E-state index in [0.717, 1.165) is 5.56 Å². The van der Waals surface area contributed by atoms with Crippen molar-refractivity contribution in [1.82, 2.24) is 15.0 Å². The minimum absolute atomic E-state index is 0.398. The van der Waals surface area contributed by atoms with Crippen LogP contribution in [0.25, 0.3) is 11.3 Å². The molecule has 0 bridgehead atoms. The van der Waals surface area contributed by atoms with Gasteiger partial charge in [0.25, 0.3) is 0 Å². The molecule has 166 valence electrons. The Morgan fingerprint density at radius 2 is 1.61 bits per heavy atom. The Morgan fingerprint density at radius 1 is 0.879 bits per heavy atom. The molecule has 4 rings (SSSR count). The van der Waals surface area contributed by atoms with Crippen LogP contribution >= 0.6 is 23.2 Å². The monoisotopic (exact) mass is 480 g/mol. The van der Waals surface area contributed by atoms with Gasteiger partial charge in [-0.2, -0.15) is 0 Å². The van der Waals surface area contributed by atoms with Crippen LogP contribution in [0.5, 0.6) is 11.6 Å². The van der Waals surface area contributed by atoms with Gasteiger partial charge in [0.05, 0.1) is 11.3 Å². The van der Waals surface area contributed by atoms with Crippen molar-refractivity contribution in [2.45, 2.75) is 0 Å². The smallest absolute Gasteiger partial charge is 0.323 e. The van der Waals surface area contributed by atoms with E-state index >= 15 is 0 Å². The fraction of sp³-hybridized carbons (Fsp3) is 0.0435. The molecule has 0 radical (unpaired) electrons. The molecule has 2 amide bonds. The quantitative estimate of drug-likeness (QED) is 0.298. The number of anilines is 3. The second-order valence-corrected chi connectivity index (χ2v) is 7.61. The zero-order chi connectivity index (χ0) is 23.2. The van der Waals surface area contributed by atoms with Crippen molar-refractivity contribution in [3.8, 4) is 22.9 Å². The first kappa shape index (κ1) is 22.3. The largest absolute Gasteiger partial charge is 0.438 e. The number of pyridine rings is 1. The summed E-state index contributed by atoms with van der Waals surface area (Å²) in [6.45, 7) is 0. The van der Waals surface area contributed by atoms with E-state index < -0.39 is 6.03 Å². The third kappa shape index (κ3) is 5.88. The summed E-state index contributed by atoms with van der Waals surface area (Å²) in [7, 11) is 1.75. The molecule has 3 N–H and O–H groups in total. The summed E-state index contributed by atoms with van der Waals surface area (Å²) in [6.07, 6.45) is 3.30. The van der Waals surface area contributed by atoms with E-state index in [9.17, 15) is 4.79 Å². The number of carbonyl (C=O) groups excluding carboxylic acids is 1. The normalized spacial score (nSPS) is 10.4. The van der Waals surface area contributed by atoms with Crippen LogP contribution in [0.3, 0.4) is 0 Å². The number of nitrogens with zero attached hydrogens (tertiary/aromatic N) is 3. The van der Waals surface area contributed by atoms with E-state index in [-0.39, 0.29) is 0 Å². The van der Waals surface area contributed by atoms with Gasteiger partial charge in [-0.25, -0.2) is 19.7 Å². The van der Waals surface area contributed by atoms with Crippen molar-refractivity contribution < 1.29 is 9.53 Å². The molecule has 2 aromatic carbocycles. The highest BCUT2D eigenvalue weighted by atomic mass is 35.5. The van der Waals surface area contributed by atoms with E-state index in [2.05, 4.69) is 30.9 Å². The SMILES string of the molecule is CNc1nccc(-c2cccnc2Oc2ccc(NC(=O)Nc3cc(Cl)cc(Cl)c3)cc2)n1. The number of hydrogen-bond donors (Lipinski definition) is 3. The molecule has 2 aromatic heterocycles. The average molecular weight is 481 g/mol. The number of aromatic nitrogens is 3. The van der Waals surface area contributed by atoms with E-state index in [1.807, 2.05) is 12.1 Å². The minimum atomic E-state index is -0.432. The molecule has 0 atom stereocenters. The van der Waals surface area contributed by atoms with E-state index in [1.165, 1.54) is 0 Å². The lowest BCUT2D eigenvalue weighted by Gasteiger charge is -2.11. The average Bonchev–Trinajstić information content (AvgIpc) is 2.80. The predicted octanol–water partition coefficient (Wildman–Crippen LogP) is 6.32. The highest BCUT2D eigenvalue weighted by molar-refractivity contribution is 6.35. The Hall–Kier alpha value is -3.88. The molecule has 8 nitrogen and oxygen atoms in total. The lowest BCUT2D eigenvalue weighted by Crippen LogP contribution is -2.19. The van der Waals surface area contributed by atoms with Gasteiger partial charge in [-0.3, -0.25) is 0 Å². The van der Waals surface area contributed by atoms with Gasteiger partial charge in [-0.1, -0.05) is 23.2 Å². The van der Waals surface area contributed by atoms with Crippen molar-refractivity contribution in [2.75, 3.05) is 23.0 Å². The minimum Gasteiger partial charge on any atom is -0.438 e. The molecule has 0 aliphatic heterocycles. The number of amides is 2. The van der Waals surface area contributed by atoms with Gasteiger partial charge in [0.1, 0.15) is 5.75 Å². The number of urea groups is 1. The lowest BCUT2D eigenvalue weighted by molar-refractivity contribution is 0.262. The number of halogens is 2. The Labute approximate surface area is 200 Å². The third-order valence-corrected chi connectivity index (χ3v) is 4.81. The maximum atomic E-state index is 12.3. The molecule has 0 saturated carbocycles. The number of hydrogen-bond acceptors (Lipinski definition) is 6. The molecular weight excluding hydrogens is 463 g/mol. The first-order chi connectivity index (χ1) is 16.0. The molecule has 0 aliphatic rings. The standard InChI is InChI=1S/C23H18Cl2N6O2/c1-26-22-28-10-8-20(31-22)19-3-2-9-27-21(19)33-18-6-4-16(5-7-18)29-23(32)30-17-12-14(24)11-15(25)13-17/h2-13H,1H3,(H,26,28,31)(H2,29,30,32). The summed E-state index contributed by atoms with van der Waals surface area (Å²) >= 11 is 11.9. The Bertz CT molecular complexity index is 1260. The molecule has 0 unspecified atom stereocenters. The third-order valence-electron chi connectivity index (χ3n) is 4.37. The van der Waals surface area contributed by atoms with Crippen LogP contribution < -0.4 is 20.7 Å². The molecule has 2 heterocycles. The molecule has 10 heteroatoms. The summed E-state index contributed by atoms with van der Waals surface area (Å²) < 4.78 is 5.97. The summed E-state index contributed by atoms with van der Waals surface area (Å²) in [5.41, 5.74) is 2.45. The van der Waals surface area contributed by atoms with Crippen molar-refractivity contribution in [2.24, 2.45) is 0 Å². The Morgan fingerprint density at radius 3 is 2.33 bits per heavy atom. The van der Waals surface area contributed by atoms with Crippen LogP contribution in [-0.2, 0) is 0 Å². The number of nitrogens with one attached hydrogen (secondary N) is 3. The summed E-state index contributed by atoms with van der Waals surface area (Å²) in [5, 5.41) is 9.19. The van der Waals surface area contributed by atoms with Crippen LogP contribution in [0.1, 0.15) is 0 Å². The van der Waals surface area contributed by atoms with Crippen molar-refractivity contribution in [1.29, 1.82) is 0 Å². The van der Waals surface area contributed by atoms with Crippen molar-refractivity contribution >= 4 is 46.6 Å². The molecule has 33 heavy (non-hydrogen) atoms. The zero-order valence-electron chi connectivity index (χ0n) is 17.3. The van der Waals surface area contributed by atoms with Gasteiger partial charge >= 0.3 is 6.03 Å². The Balaban J connectivity index is 1.44. The van der Waals surface area contributed by atoms with E-state index in [1.54, 1.807) is 68.0 Å². The van der Waals surface area contributed by atoms with Gasteiger partial charge in [0, 0.05) is 40.9 Å². The van der Waals surface area contributed by atoms with Crippen LogP contribution in [0.4, 0.5) is 22.1 Å². The number of rotatable bonds is 6. The molecular formula is C23H18Cl2N6O2. The van der Waals surface area contributed by atoms with Gasteiger partial charge in [0.2, 0.25) is 11.8 Å². The molecule has 0 aliphatic carbocycles. The van der Waals surface area contributed by atoms with E-state index in [0.29, 0.717) is 44.7 Å². The van der Waals surface area contributed by atoms with Crippen LogP contribution in [0, 0.1) is 0 Å². The molecule has 0 spiro atoms. The zero-order valence-corrected chi connectivity index (χ0v) is 18.9. The Kier molecular flexibility index (Phi) is 6.87. The van der Waals surface area contributed by atoms with Gasteiger partial charge in [0.15, 0.2) is 0 Å². The summed E-state index contributed by atoms with van der Waals surface area (Å²) in [6, 6.07) is 16.7.